The summed E-state index contributed by atoms with van der Waals surface area (Å²) in [6.07, 6.45) is 0. The van der Waals surface area contributed by atoms with Gasteiger partial charge in [0.1, 0.15) is 0 Å². The van der Waals surface area contributed by atoms with Gasteiger partial charge in [-0.05, 0) is 24.6 Å². The average molecular weight is 264 g/mol. The molecule has 1 N–H and O–H groups in total. The lowest BCUT2D eigenvalue weighted by molar-refractivity contribution is 0.223. The van der Waals surface area contributed by atoms with Gasteiger partial charge in [0.15, 0.2) is 0 Å². The van der Waals surface area contributed by atoms with E-state index in [1.54, 1.807) is 0 Å². The molecule has 1 aromatic carbocycles. The molecule has 1 atom stereocenters. The smallest absolute Gasteiger partial charge is 0.0240 e. The first kappa shape index (κ1) is 13.9. The molecule has 3 heteroatoms. The fraction of sp³-hybridized carbons (Fsp3) is 0.600. The molecule has 1 unspecified atom stereocenters. The van der Waals surface area contributed by atoms with Crippen LogP contribution in [0.4, 0.5) is 0 Å². The SMILES string of the molecule is CCNCc1ccccc1CN1CCSCC1C. The van der Waals surface area contributed by atoms with E-state index < -0.39 is 0 Å². The molecule has 18 heavy (non-hydrogen) atoms. The first-order valence-electron chi connectivity index (χ1n) is 6.90. The predicted octanol–water partition coefficient (Wildman–Crippen LogP) is 2.73. The highest BCUT2D eigenvalue weighted by molar-refractivity contribution is 7.99. The van der Waals surface area contributed by atoms with Crippen LogP contribution >= 0.6 is 11.8 Å². The van der Waals surface area contributed by atoms with Crippen molar-refractivity contribution in [2.75, 3.05) is 24.6 Å². The number of nitrogens with zero attached hydrogens (tertiary/aromatic N) is 1. The van der Waals surface area contributed by atoms with Crippen LogP contribution in [0, 0.1) is 0 Å². The van der Waals surface area contributed by atoms with Gasteiger partial charge in [0.05, 0.1) is 0 Å². The Morgan fingerprint density at radius 2 is 2.11 bits per heavy atom. The summed E-state index contributed by atoms with van der Waals surface area (Å²) in [5, 5.41) is 3.43. The van der Waals surface area contributed by atoms with Gasteiger partial charge in [-0.1, -0.05) is 31.2 Å². The summed E-state index contributed by atoms with van der Waals surface area (Å²) in [6, 6.07) is 9.54. The Morgan fingerprint density at radius 1 is 1.33 bits per heavy atom. The third-order valence-corrected chi connectivity index (χ3v) is 4.75. The number of rotatable bonds is 5. The van der Waals surface area contributed by atoms with Crippen molar-refractivity contribution >= 4 is 11.8 Å². The third kappa shape index (κ3) is 3.74. The van der Waals surface area contributed by atoms with E-state index >= 15 is 0 Å². The van der Waals surface area contributed by atoms with E-state index in [0.717, 1.165) is 19.6 Å². The van der Waals surface area contributed by atoms with E-state index in [4.69, 9.17) is 0 Å². The lowest BCUT2D eigenvalue weighted by Crippen LogP contribution is -2.39. The number of nitrogens with one attached hydrogen (secondary N) is 1. The van der Waals surface area contributed by atoms with Crippen molar-refractivity contribution in [3.8, 4) is 0 Å². The van der Waals surface area contributed by atoms with E-state index in [1.165, 1.54) is 29.2 Å². The Hall–Kier alpha value is -0.510. The van der Waals surface area contributed by atoms with Gasteiger partial charge in [-0.2, -0.15) is 11.8 Å². The Kier molecular flexibility index (Phi) is 5.54. The van der Waals surface area contributed by atoms with Crippen LogP contribution < -0.4 is 5.32 Å². The standard InChI is InChI=1S/C15H24N2S/c1-3-16-10-14-6-4-5-7-15(14)11-17-8-9-18-12-13(17)2/h4-7,13,16H,3,8-12H2,1-2H3. The molecule has 1 saturated heterocycles. The van der Waals surface area contributed by atoms with Crippen LogP contribution in [-0.2, 0) is 13.1 Å². The van der Waals surface area contributed by atoms with Crippen molar-refractivity contribution in [1.29, 1.82) is 0 Å². The Labute approximate surface area is 115 Å². The van der Waals surface area contributed by atoms with E-state index in [2.05, 4.69) is 60.1 Å². The van der Waals surface area contributed by atoms with Crippen LogP contribution in [0.15, 0.2) is 24.3 Å². The zero-order chi connectivity index (χ0) is 12.8. The van der Waals surface area contributed by atoms with Gasteiger partial charge in [0.25, 0.3) is 0 Å². The molecule has 0 bridgehead atoms. The first-order valence-corrected chi connectivity index (χ1v) is 8.06. The lowest BCUT2D eigenvalue weighted by atomic mass is 10.1. The molecular weight excluding hydrogens is 240 g/mol. The molecule has 100 valence electrons. The first-order chi connectivity index (χ1) is 8.81. The highest BCUT2D eigenvalue weighted by atomic mass is 32.2. The molecule has 1 heterocycles. The summed E-state index contributed by atoms with van der Waals surface area (Å²) in [6.45, 7) is 8.85. The highest BCUT2D eigenvalue weighted by Gasteiger charge is 2.19. The normalized spacial score (nSPS) is 21.1. The maximum Gasteiger partial charge on any atom is 0.0240 e. The maximum absolute atomic E-state index is 3.43. The van der Waals surface area contributed by atoms with Crippen LogP contribution in [0.5, 0.6) is 0 Å². The van der Waals surface area contributed by atoms with Crippen LogP contribution in [0.1, 0.15) is 25.0 Å². The van der Waals surface area contributed by atoms with Gasteiger partial charge in [-0.15, -0.1) is 0 Å². The molecule has 0 spiro atoms. The van der Waals surface area contributed by atoms with Crippen molar-refractivity contribution in [1.82, 2.24) is 10.2 Å². The highest BCUT2D eigenvalue weighted by Crippen LogP contribution is 2.20. The van der Waals surface area contributed by atoms with E-state index in [0.29, 0.717) is 6.04 Å². The van der Waals surface area contributed by atoms with Crippen LogP contribution in [-0.4, -0.2) is 35.5 Å². The van der Waals surface area contributed by atoms with E-state index in [9.17, 15) is 0 Å². The van der Waals surface area contributed by atoms with Crippen molar-refractivity contribution < 1.29 is 0 Å². The Balaban J connectivity index is 2.03. The largest absolute Gasteiger partial charge is 0.313 e. The zero-order valence-corrected chi connectivity index (χ0v) is 12.3. The van der Waals surface area contributed by atoms with Gasteiger partial charge in [0, 0.05) is 37.2 Å². The number of thioether (sulfide) groups is 1. The van der Waals surface area contributed by atoms with Gasteiger partial charge < -0.3 is 5.32 Å². The topological polar surface area (TPSA) is 15.3 Å². The van der Waals surface area contributed by atoms with Gasteiger partial charge in [-0.25, -0.2) is 0 Å². The van der Waals surface area contributed by atoms with Crippen LogP contribution in [0.3, 0.4) is 0 Å². The predicted molar refractivity (Wildman–Crippen MR) is 81.0 cm³/mol. The third-order valence-electron chi connectivity index (χ3n) is 3.56. The molecule has 0 amide bonds. The second kappa shape index (κ2) is 7.17. The van der Waals surface area contributed by atoms with Crippen LogP contribution in [0.2, 0.25) is 0 Å². The molecule has 0 aliphatic carbocycles. The quantitative estimate of drug-likeness (QED) is 0.880. The summed E-state index contributed by atoms with van der Waals surface area (Å²) < 4.78 is 0. The number of hydrogen-bond donors (Lipinski definition) is 1. The molecule has 1 fully saturated rings. The second-order valence-electron chi connectivity index (χ2n) is 4.94. The van der Waals surface area contributed by atoms with Crippen LogP contribution in [0.25, 0.3) is 0 Å². The maximum atomic E-state index is 3.43. The molecule has 0 radical (unpaired) electrons. The minimum absolute atomic E-state index is 0.705. The van der Waals surface area contributed by atoms with Gasteiger partial charge >= 0.3 is 0 Å². The van der Waals surface area contributed by atoms with Gasteiger partial charge in [-0.3, -0.25) is 4.90 Å². The van der Waals surface area contributed by atoms with Crippen molar-refractivity contribution in [3.63, 3.8) is 0 Å². The van der Waals surface area contributed by atoms with Crippen molar-refractivity contribution in [3.05, 3.63) is 35.4 Å². The number of benzene rings is 1. The fourth-order valence-electron chi connectivity index (χ4n) is 2.36. The molecule has 1 aliphatic heterocycles. The lowest BCUT2D eigenvalue weighted by Gasteiger charge is -2.33. The molecule has 1 aliphatic rings. The average Bonchev–Trinajstić information content (AvgIpc) is 2.40. The minimum atomic E-state index is 0.705. The molecule has 0 saturated carbocycles. The molecule has 2 rings (SSSR count). The summed E-state index contributed by atoms with van der Waals surface area (Å²) in [5.74, 6) is 2.55. The summed E-state index contributed by atoms with van der Waals surface area (Å²) >= 11 is 2.08. The number of hydrogen-bond acceptors (Lipinski definition) is 3. The minimum Gasteiger partial charge on any atom is -0.313 e. The van der Waals surface area contributed by atoms with Crippen molar-refractivity contribution in [2.24, 2.45) is 0 Å². The Morgan fingerprint density at radius 3 is 2.83 bits per heavy atom. The summed E-state index contributed by atoms with van der Waals surface area (Å²) in [4.78, 5) is 2.61. The molecule has 2 nitrogen and oxygen atoms in total. The fourth-order valence-corrected chi connectivity index (χ4v) is 3.44. The zero-order valence-electron chi connectivity index (χ0n) is 11.5. The summed E-state index contributed by atoms with van der Waals surface area (Å²) in [7, 11) is 0. The van der Waals surface area contributed by atoms with E-state index in [1.807, 2.05) is 0 Å². The molecular formula is C15H24N2S. The summed E-state index contributed by atoms with van der Waals surface area (Å²) in [5.41, 5.74) is 2.93. The van der Waals surface area contributed by atoms with Gasteiger partial charge in [0.2, 0.25) is 0 Å². The van der Waals surface area contributed by atoms with Crippen molar-refractivity contribution in [2.45, 2.75) is 33.0 Å². The van der Waals surface area contributed by atoms with E-state index in [-0.39, 0.29) is 0 Å². The molecule has 1 aromatic rings. The second-order valence-corrected chi connectivity index (χ2v) is 6.09. The molecule has 0 aromatic heterocycles. The Bertz CT molecular complexity index is 367. The monoisotopic (exact) mass is 264 g/mol.